The molecule has 2 bridgehead atoms. The van der Waals surface area contributed by atoms with Gasteiger partial charge in [0.2, 0.25) is 20.0 Å². The van der Waals surface area contributed by atoms with Crippen molar-refractivity contribution in [3.8, 4) is 5.75 Å². The Balaban J connectivity index is 1.81. The first-order valence-electron chi connectivity index (χ1n) is 7.96. The second-order valence-corrected chi connectivity index (χ2v) is 10.6. The van der Waals surface area contributed by atoms with Gasteiger partial charge in [0.25, 0.3) is 0 Å². The number of methoxy groups -OCH3 is 1. The predicted molar refractivity (Wildman–Crippen MR) is 94.8 cm³/mol. The lowest BCUT2D eigenvalue weighted by Crippen LogP contribution is -2.52. The summed E-state index contributed by atoms with van der Waals surface area (Å²) in [6.45, 7) is 0. The first-order chi connectivity index (χ1) is 11.6. The van der Waals surface area contributed by atoms with E-state index in [0.29, 0.717) is 17.9 Å². The van der Waals surface area contributed by atoms with Crippen molar-refractivity contribution in [1.29, 1.82) is 0 Å². The number of nitrogens with one attached hydrogen (secondary N) is 1. The number of hydrogen-bond donors (Lipinski definition) is 1. The van der Waals surface area contributed by atoms with Gasteiger partial charge in [-0.3, -0.25) is 0 Å². The van der Waals surface area contributed by atoms with Gasteiger partial charge in [0.05, 0.1) is 13.4 Å². The van der Waals surface area contributed by atoms with E-state index in [4.69, 9.17) is 16.3 Å². The van der Waals surface area contributed by atoms with Crippen molar-refractivity contribution in [3.05, 3.63) is 23.2 Å². The highest BCUT2D eigenvalue weighted by molar-refractivity contribution is 7.89. The van der Waals surface area contributed by atoms with Crippen molar-refractivity contribution in [2.24, 2.45) is 0 Å². The normalized spacial score (nSPS) is 27.4. The number of nitrogens with zero attached hydrogens (tertiary/aromatic N) is 1. The third-order valence-electron chi connectivity index (χ3n) is 4.79. The van der Waals surface area contributed by atoms with Crippen molar-refractivity contribution in [1.82, 2.24) is 9.03 Å². The van der Waals surface area contributed by atoms with Gasteiger partial charge in [-0.25, -0.2) is 21.6 Å². The highest BCUT2D eigenvalue weighted by Crippen LogP contribution is 2.38. The van der Waals surface area contributed by atoms with Gasteiger partial charge in [0, 0.05) is 23.1 Å². The van der Waals surface area contributed by atoms with Crippen LogP contribution in [0.4, 0.5) is 0 Å². The van der Waals surface area contributed by atoms with Gasteiger partial charge in [-0.2, -0.15) is 4.31 Å². The Bertz CT molecular complexity index is 858. The number of piperidine rings is 1. The van der Waals surface area contributed by atoms with E-state index in [1.165, 1.54) is 29.8 Å². The first kappa shape index (κ1) is 18.9. The standard InChI is InChI=1S/C15H21ClN2O5S2/c1-23-14-6-3-10(16)7-15(14)25(21,22)17-11-8-12-4-5-13(9-11)18(12)24(2,19)20/h3,6-7,11-13,17H,4-5,8-9H2,1-2H3. The van der Waals surface area contributed by atoms with Crippen LogP contribution in [0.5, 0.6) is 5.75 Å². The molecule has 10 heteroatoms. The van der Waals surface area contributed by atoms with Crippen LogP contribution in [0.15, 0.2) is 23.1 Å². The summed E-state index contributed by atoms with van der Waals surface area (Å²) >= 11 is 5.93. The van der Waals surface area contributed by atoms with E-state index >= 15 is 0 Å². The topological polar surface area (TPSA) is 92.8 Å². The zero-order chi connectivity index (χ0) is 18.4. The Kier molecular flexibility index (Phi) is 5.06. The first-order valence-corrected chi connectivity index (χ1v) is 11.7. The zero-order valence-electron chi connectivity index (χ0n) is 14.0. The summed E-state index contributed by atoms with van der Waals surface area (Å²) in [5, 5.41) is 0.299. The summed E-state index contributed by atoms with van der Waals surface area (Å²) in [6.07, 6.45) is 3.66. The predicted octanol–water partition coefficient (Wildman–Crippen LogP) is 1.58. The van der Waals surface area contributed by atoms with Gasteiger partial charge in [0.15, 0.2) is 0 Å². The maximum absolute atomic E-state index is 12.8. The van der Waals surface area contributed by atoms with Gasteiger partial charge in [-0.05, 0) is 43.9 Å². The number of sulfonamides is 2. The SMILES string of the molecule is COc1ccc(Cl)cc1S(=O)(=O)NC1CC2CCC(C1)N2S(C)(=O)=O. The average Bonchev–Trinajstić information content (AvgIpc) is 2.79. The summed E-state index contributed by atoms with van der Waals surface area (Å²) in [6, 6.07) is 3.80. The van der Waals surface area contributed by atoms with Crippen LogP contribution in [0.25, 0.3) is 0 Å². The molecule has 1 aromatic carbocycles. The second-order valence-electron chi connectivity index (χ2n) is 6.56. The number of ether oxygens (including phenoxy) is 1. The average molecular weight is 409 g/mol. The van der Waals surface area contributed by atoms with E-state index in [1.54, 1.807) is 6.07 Å². The molecule has 2 aliphatic rings. The lowest BCUT2D eigenvalue weighted by atomic mass is 10.0. The number of benzene rings is 1. The Morgan fingerprint density at radius 1 is 1.16 bits per heavy atom. The highest BCUT2D eigenvalue weighted by Gasteiger charge is 2.46. The Hall–Kier alpha value is -0.870. The van der Waals surface area contributed by atoms with Gasteiger partial charge in [-0.15, -0.1) is 0 Å². The fourth-order valence-electron chi connectivity index (χ4n) is 3.92. The van der Waals surface area contributed by atoms with Crippen molar-refractivity contribution in [2.45, 2.75) is 48.7 Å². The molecule has 2 heterocycles. The molecule has 140 valence electrons. The minimum Gasteiger partial charge on any atom is -0.495 e. The molecule has 2 unspecified atom stereocenters. The van der Waals surface area contributed by atoms with Crippen LogP contribution in [-0.4, -0.2) is 52.6 Å². The van der Waals surface area contributed by atoms with Crippen LogP contribution in [0.3, 0.4) is 0 Å². The summed E-state index contributed by atoms with van der Waals surface area (Å²) in [5.74, 6) is 0.216. The summed E-state index contributed by atoms with van der Waals surface area (Å²) in [7, 11) is -5.71. The molecule has 0 amide bonds. The molecule has 2 saturated heterocycles. The molecule has 2 fully saturated rings. The maximum Gasteiger partial charge on any atom is 0.244 e. The van der Waals surface area contributed by atoms with Crippen molar-refractivity contribution in [2.75, 3.05) is 13.4 Å². The Labute approximate surface area is 153 Å². The molecular weight excluding hydrogens is 388 g/mol. The molecule has 2 aliphatic heterocycles. The quantitative estimate of drug-likeness (QED) is 0.798. The third-order valence-corrected chi connectivity index (χ3v) is 7.93. The number of halogens is 1. The van der Waals surface area contributed by atoms with Crippen LogP contribution >= 0.6 is 11.6 Å². The van der Waals surface area contributed by atoms with E-state index in [9.17, 15) is 16.8 Å². The second kappa shape index (κ2) is 6.70. The van der Waals surface area contributed by atoms with E-state index in [2.05, 4.69) is 4.72 Å². The van der Waals surface area contributed by atoms with Crippen LogP contribution in [-0.2, 0) is 20.0 Å². The van der Waals surface area contributed by atoms with E-state index in [0.717, 1.165) is 12.8 Å². The van der Waals surface area contributed by atoms with E-state index in [-0.39, 0.29) is 28.8 Å². The van der Waals surface area contributed by atoms with Crippen LogP contribution in [0, 0.1) is 0 Å². The highest BCUT2D eigenvalue weighted by atomic mass is 35.5. The summed E-state index contributed by atoms with van der Waals surface area (Å²) in [4.78, 5) is -0.0135. The molecule has 0 saturated carbocycles. The minimum atomic E-state index is -3.82. The molecule has 0 spiro atoms. The van der Waals surface area contributed by atoms with Gasteiger partial charge in [0.1, 0.15) is 10.6 Å². The minimum absolute atomic E-state index is 0.0135. The van der Waals surface area contributed by atoms with E-state index in [1.807, 2.05) is 0 Å². The van der Waals surface area contributed by atoms with Crippen LogP contribution in [0.2, 0.25) is 5.02 Å². The molecule has 2 atom stereocenters. The molecule has 25 heavy (non-hydrogen) atoms. The van der Waals surface area contributed by atoms with Crippen molar-refractivity contribution >= 4 is 31.6 Å². The van der Waals surface area contributed by atoms with Crippen molar-refractivity contribution in [3.63, 3.8) is 0 Å². The summed E-state index contributed by atoms with van der Waals surface area (Å²) < 4.78 is 58.8. The lowest BCUT2D eigenvalue weighted by Gasteiger charge is -2.37. The van der Waals surface area contributed by atoms with Gasteiger partial charge in [-0.1, -0.05) is 11.6 Å². The molecule has 7 nitrogen and oxygen atoms in total. The molecule has 0 aromatic heterocycles. The molecule has 0 radical (unpaired) electrons. The van der Waals surface area contributed by atoms with Crippen LogP contribution in [0.1, 0.15) is 25.7 Å². The van der Waals surface area contributed by atoms with Gasteiger partial charge < -0.3 is 4.74 Å². The number of rotatable bonds is 5. The van der Waals surface area contributed by atoms with Crippen molar-refractivity contribution < 1.29 is 21.6 Å². The molecule has 0 aliphatic carbocycles. The smallest absolute Gasteiger partial charge is 0.244 e. The maximum atomic E-state index is 12.8. The molecular formula is C15H21ClN2O5S2. The zero-order valence-corrected chi connectivity index (χ0v) is 16.4. The molecule has 1 aromatic rings. The fourth-order valence-corrected chi connectivity index (χ4v) is 7.07. The molecule has 1 N–H and O–H groups in total. The van der Waals surface area contributed by atoms with Crippen LogP contribution < -0.4 is 9.46 Å². The summed E-state index contributed by atoms with van der Waals surface area (Å²) in [5.41, 5.74) is 0. The molecule has 3 rings (SSSR count). The largest absolute Gasteiger partial charge is 0.495 e. The Morgan fingerprint density at radius 3 is 2.28 bits per heavy atom. The van der Waals surface area contributed by atoms with Gasteiger partial charge >= 0.3 is 0 Å². The third kappa shape index (κ3) is 3.80. The fraction of sp³-hybridized carbons (Fsp3) is 0.600. The Morgan fingerprint density at radius 2 is 1.76 bits per heavy atom. The monoisotopic (exact) mass is 408 g/mol. The lowest BCUT2D eigenvalue weighted by molar-refractivity contribution is 0.221. The number of hydrogen-bond acceptors (Lipinski definition) is 5. The number of fused-ring (bicyclic) bond motifs is 2. The van der Waals surface area contributed by atoms with E-state index < -0.39 is 20.0 Å².